The molecule has 0 unspecified atom stereocenters. The normalized spacial score (nSPS) is 11.3. The first-order valence-corrected chi connectivity index (χ1v) is 10.6. The molecule has 0 saturated heterocycles. The van der Waals surface area contributed by atoms with E-state index in [0.29, 0.717) is 16.7 Å². The third-order valence-corrected chi connectivity index (χ3v) is 5.77. The molecule has 3 N–H and O–H groups in total. The van der Waals surface area contributed by atoms with Crippen molar-refractivity contribution in [1.29, 1.82) is 0 Å². The highest BCUT2D eigenvalue weighted by Gasteiger charge is 2.22. The zero-order valence-electron chi connectivity index (χ0n) is 15.5. The third-order valence-electron chi connectivity index (χ3n) is 4.00. The predicted molar refractivity (Wildman–Crippen MR) is 124 cm³/mol. The molecule has 0 fully saturated rings. The van der Waals surface area contributed by atoms with Gasteiger partial charge < -0.3 is 5.32 Å². The van der Waals surface area contributed by atoms with Gasteiger partial charge in [0.15, 0.2) is 5.11 Å². The van der Waals surface area contributed by atoms with E-state index in [-0.39, 0.29) is 5.91 Å². The van der Waals surface area contributed by atoms with Crippen molar-refractivity contribution < 1.29 is 4.79 Å². The van der Waals surface area contributed by atoms with Gasteiger partial charge in [-0.1, -0.05) is 72.3 Å². The minimum atomic E-state index is -0.412. The van der Waals surface area contributed by atoms with E-state index in [1.165, 1.54) is 11.8 Å². The number of carbonyl (C=O) groups excluding carboxylic acids is 1. The third kappa shape index (κ3) is 6.78. The standard InChI is InChI=1S/C22H20ClN3OS2/c23-18-13-11-16(12-14-18)15-24-22(28)26-25-21(27)20(17-7-3-1-4-8-17)29-19-9-5-2-6-10-19/h1-14,20H,15H2,(H,25,27)(H2,24,26,28)/t20-/m1/s1. The van der Waals surface area contributed by atoms with Gasteiger partial charge in [0.25, 0.3) is 5.91 Å². The maximum absolute atomic E-state index is 12.9. The summed E-state index contributed by atoms with van der Waals surface area (Å²) in [6.07, 6.45) is 0. The molecule has 29 heavy (non-hydrogen) atoms. The number of hydrazine groups is 1. The number of hydrogen-bond donors (Lipinski definition) is 3. The fraction of sp³-hybridized carbons (Fsp3) is 0.0909. The van der Waals surface area contributed by atoms with Gasteiger partial charge in [-0.25, -0.2) is 0 Å². The van der Waals surface area contributed by atoms with Crippen LogP contribution in [0, 0.1) is 0 Å². The van der Waals surface area contributed by atoms with E-state index in [4.69, 9.17) is 23.8 Å². The van der Waals surface area contributed by atoms with Crippen LogP contribution in [0.2, 0.25) is 5.02 Å². The van der Waals surface area contributed by atoms with Gasteiger partial charge in [-0.15, -0.1) is 11.8 Å². The lowest BCUT2D eigenvalue weighted by Crippen LogP contribution is -2.47. The second kappa shape index (κ2) is 10.9. The maximum Gasteiger partial charge on any atom is 0.256 e. The van der Waals surface area contributed by atoms with E-state index in [9.17, 15) is 4.79 Å². The van der Waals surface area contributed by atoms with Gasteiger partial charge in [-0.05, 0) is 47.6 Å². The molecule has 0 aromatic heterocycles. The summed E-state index contributed by atoms with van der Waals surface area (Å²) in [6, 6.07) is 27.0. The number of carbonyl (C=O) groups is 1. The molecule has 4 nitrogen and oxygen atoms in total. The van der Waals surface area contributed by atoms with Crippen LogP contribution in [0.3, 0.4) is 0 Å². The first kappa shape index (κ1) is 21.2. The lowest BCUT2D eigenvalue weighted by atomic mass is 10.1. The topological polar surface area (TPSA) is 53.2 Å². The van der Waals surface area contributed by atoms with Crippen molar-refractivity contribution in [3.05, 3.63) is 101 Å². The Labute approximate surface area is 185 Å². The largest absolute Gasteiger partial charge is 0.357 e. The van der Waals surface area contributed by atoms with Gasteiger partial charge in [-0.2, -0.15) is 0 Å². The van der Waals surface area contributed by atoms with E-state index in [0.717, 1.165) is 16.0 Å². The summed E-state index contributed by atoms with van der Waals surface area (Å²) in [6.45, 7) is 0.528. The second-order valence-electron chi connectivity index (χ2n) is 6.15. The molecule has 3 rings (SSSR count). The van der Waals surface area contributed by atoms with Crippen LogP contribution < -0.4 is 16.2 Å². The first-order valence-electron chi connectivity index (χ1n) is 8.96. The van der Waals surface area contributed by atoms with Crippen LogP contribution >= 0.6 is 35.6 Å². The number of nitrogens with one attached hydrogen (secondary N) is 3. The molecule has 0 aliphatic carbocycles. The van der Waals surface area contributed by atoms with Crippen molar-refractivity contribution in [1.82, 2.24) is 16.2 Å². The molecule has 0 heterocycles. The smallest absolute Gasteiger partial charge is 0.256 e. The highest BCUT2D eigenvalue weighted by molar-refractivity contribution is 8.00. The Morgan fingerprint density at radius 2 is 1.52 bits per heavy atom. The second-order valence-corrected chi connectivity index (χ2v) is 8.17. The van der Waals surface area contributed by atoms with Crippen LogP contribution in [-0.2, 0) is 11.3 Å². The van der Waals surface area contributed by atoms with Gasteiger partial charge in [0.1, 0.15) is 5.25 Å². The summed E-state index contributed by atoms with van der Waals surface area (Å²) in [5.41, 5.74) is 7.44. The summed E-state index contributed by atoms with van der Waals surface area (Å²) >= 11 is 12.6. The number of rotatable bonds is 6. The predicted octanol–water partition coefficient (Wildman–Crippen LogP) is 4.87. The minimum Gasteiger partial charge on any atom is -0.357 e. The molecule has 1 atom stereocenters. The number of hydrogen-bond acceptors (Lipinski definition) is 3. The SMILES string of the molecule is O=C(NNC(=S)NCc1ccc(Cl)cc1)[C@H](Sc1ccccc1)c1ccccc1. The molecule has 0 radical (unpaired) electrons. The molecule has 0 spiro atoms. The summed E-state index contributed by atoms with van der Waals surface area (Å²) in [4.78, 5) is 13.9. The van der Waals surface area contributed by atoms with E-state index < -0.39 is 5.25 Å². The van der Waals surface area contributed by atoms with Gasteiger partial charge in [0, 0.05) is 16.5 Å². The molecule has 7 heteroatoms. The average Bonchev–Trinajstić information content (AvgIpc) is 2.76. The Bertz CT molecular complexity index is 937. The highest BCUT2D eigenvalue weighted by Crippen LogP contribution is 2.35. The lowest BCUT2D eigenvalue weighted by Gasteiger charge is -2.18. The van der Waals surface area contributed by atoms with Gasteiger partial charge in [-0.3, -0.25) is 15.6 Å². The molecule has 3 aromatic carbocycles. The van der Waals surface area contributed by atoms with E-state index in [2.05, 4.69) is 16.2 Å². The molecule has 3 aromatic rings. The van der Waals surface area contributed by atoms with Crippen molar-refractivity contribution in [3.63, 3.8) is 0 Å². The quantitative estimate of drug-likeness (QED) is 0.289. The van der Waals surface area contributed by atoms with Crippen LogP contribution in [0.5, 0.6) is 0 Å². The number of halogens is 1. The summed E-state index contributed by atoms with van der Waals surface area (Å²) in [7, 11) is 0. The van der Waals surface area contributed by atoms with E-state index in [1.54, 1.807) is 0 Å². The van der Waals surface area contributed by atoms with Crippen molar-refractivity contribution in [2.75, 3.05) is 0 Å². The monoisotopic (exact) mass is 441 g/mol. The zero-order valence-corrected chi connectivity index (χ0v) is 17.9. The number of thiocarbonyl (C=S) groups is 1. The molecule has 0 bridgehead atoms. The molecular weight excluding hydrogens is 422 g/mol. The van der Waals surface area contributed by atoms with Crippen LogP contribution in [-0.4, -0.2) is 11.0 Å². The number of benzene rings is 3. The van der Waals surface area contributed by atoms with E-state index in [1.807, 2.05) is 84.9 Å². The Balaban J connectivity index is 1.57. The Morgan fingerprint density at radius 1 is 0.897 bits per heavy atom. The van der Waals surface area contributed by atoms with Crippen molar-refractivity contribution in [2.24, 2.45) is 0 Å². The van der Waals surface area contributed by atoms with Crippen LogP contribution in [0.1, 0.15) is 16.4 Å². The summed E-state index contributed by atoms with van der Waals surface area (Å²) < 4.78 is 0. The molecular formula is C22H20ClN3OS2. The Hall–Kier alpha value is -2.54. The first-order chi connectivity index (χ1) is 14.1. The van der Waals surface area contributed by atoms with Crippen LogP contribution in [0.25, 0.3) is 0 Å². The minimum absolute atomic E-state index is 0.180. The fourth-order valence-electron chi connectivity index (χ4n) is 2.55. The van der Waals surface area contributed by atoms with Gasteiger partial charge >= 0.3 is 0 Å². The van der Waals surface area contributed by atoms with E-state index >= 15 is 0 Å². The zero-order chi connectivity index (χ0) is 20.5. The number of thioether (sulfide) groups is 1. The molecule has 0 saturated carbocycles. The lowest BCUT2D eigenvalue weighted by molar-refractivity contribution is -0.121. The Morgan fingerprint density at radius 3 is 2.17 bits per heavy atom. The summed E-state index contributed by atoms with van der Waals surface area (Å²) in [5.74, 6) is -0.180. The fourth-order valence-corrected chi connectivity index (χ4v) is 3.84. The molecule has 0 aliphatic rings. The Kier molecular flexibility index (Phi) is 7.93. The van der Waals surface area contributed by atoms with Gasteiger partial charge in [0.2, 0.25) is 0 Å². The average molecular weight is 442 g/mol. The number of amides is 1. The van der Waals surface area contributed by atoms with Crippen LogP contribution in [0.15, 0.2) is 89.8 Å². The van der Waals surface area contributed by atoms with Crippen molar-refractivity contribution >= 4 is 46.6 Å². The maximum atomic E-state index is 12.9. The summed E-state index contributed by atoms with van der Waals surface area (Å²) in [5, 5.41) is 3.67. The molecule has 0 aliphatic heterocycles. The van der Waals surface area contributed by atoms with Gasteiger partial charge in [0.05, 0.1) is 0 Å². The molecule has 1 amide bonds. The van der Waals surface area contributed by atoms with Crippen molar-refractivity contribution in [3.8, 4) is 0 Å². The van der Waals surface area contributed by atoms with Crippen LogP contribution in [0.4, 0.5) is 0 Å². The highest BCUT2D eigenvalue weighted by atomic mass is 35.5. The van der Waals surface area contributed by atoms with Crippen molar-refractivity contribution in [2.45, 2.75) is 16.7 Å². The molecule has 148 valence electrons.